The van der Waals surface area contributed by atoms with Gasteiger partial charge in [-0.25, -0.2) is 4.79 Å². The Balaban J connectivity index is 2.74. The van der Waals surface area contributed by atoms with Crippen LogP contribution in [0.1, 0.15) is 13.3 Å². The molecule has 0 saturated carbocycles. The number of carbonyl (C=O) groups is 1. The largest absolute Gasteiger partial charge is 0.464 e. The number of esters is 1. The van der Waals surface area contributed by atoms with Gasteiger partial charge in [0.25, 0.3) is 0 Å². The number of rotatable bonds is 7. The number of hydrogen-bond donors (Lipinski definition) is 1. The van der Waals surface area contributed by atoms with Crippen LogP contribution in [-0.4, -0.2) is 30.6 Å². The topological polar surface area (TPSA) is 38.3 Å². The normalized spacial score (nSPS) is 12.0. The van der Waals surface area contributed by atoms with Gasteiger partial charge in [-0.2, -0.15) is 11.8 Å². The fourth-order valence-electron chi connectivity index (χ4n) is 1.51. The van der Waals surface area contributed by atoms with Gasteiger partial charge in [-0.1, -0.05) is 11.6 Å². The van der Waals surface area contributed by atoms with E-state index in [1.165, 1.54) is 0 Å². The van der Waals surface area contributed by atoms with Crippen LogP contribution in [0.4, 0.5) is 5.69 Å². The predicted molar refractivity (Wildman–Crippen MR) is 86.2 cm³/mol. The first-order chi connectivity index (χ1) is 9.08. The monoisotopic (exact) mass is 365 g/mol. The molecular weight excluding hydrogens is 350 g/mol. The number of thioether (sulfide) groups is 1. The van der Waals surface area contributed by atoms with Crippen molar-refractivity contribution in [3.8, 4) is 0 Å². The molecule has 0 radical (unpaired) electrons. The molecule has 6 heteroatoms. The van der Waals surface area contributed by atoms with E-state index in [1.54, 1.807) is 17.8 Å². The highest BCUT2D eigenvalue weighted by Crippen LogP contribution is 2.26. The third-order valence-electron chi connectivity index (χ3n) is 2.44. The van der Waals surface area contributed by atoms with E-state index in [-0.39, 0.29) is 12.0 Å². The second-order valence-corrected chi connectivity index (χ2v) is 6.11. The van der Waals surface area contributed by atoms with E-state index >= 15 is 0 Å². The molecule has 1 rings (SSSR count). The Hall–Kier alpha value is -0.390. The summed E-state index contributed by atoms with van der Waals surface area (Å²) < 4.78 is 5.88. The van der Waals surface area contributed by atoms with Crippen molar-refractivity contribution < 1.29 is 9.53 Å². The molecule has 0 fully saturated rings. The summed E-state index contributed by atoms with van der Waals surface area (Å²) in [5.74, 6) is 0.674. The number of nitrogens with one attached hydrogen (secondary N) is 1. The van der Waals surface area contributed by atoms with Crippen LogP contribution in [0.5, 0.6) is 0 Å². The van der Waals surface area contributed by atoms with Gasteiger partial charge in [0.2, 0.25) is 0 Å². The van der Waals surface area contributed by atoms with Crippen molar-refractivity contribution in [3.63, 3.8) is 0 Å². The zero-order valence-corrected chi connectivity index (χ0v) is 14.1. The molecule has 0 amide bonds. The molecule has 1 aromatic rings. The highest BCUT2D eigenvalue weighted by atomic mass is 79.9. The number of anilines is 1. The smallest absolute Gasteiger partial charge is 0.328 e. The maximum absolute atomic E-state index is 11.9. The van der Waals surface area contributed by atoms with Gasteiger partial charge in [-0.15, -0.1) is 0 Å². The third-order valence-corrected chi connectivity index (χ3v) is 4.30. The number of carbonyl (C=O) groups excluding carboxylic acids is 1. The third kappa shape index (κ3) is 5.63. The van der Waals surface area contributed by atoms with Gasteiger partial charge in [0.15, 0.2) is 0 Å². The van der Waals surface area contributed by atoms with Gasteiger partial charge in [-0.3, -0.25) is 0 Å². The lowest BCUT2D eigenvalue weighted by Crippen LogP contribution is -2.32. The van der Waals surface area contributed by atoms with E-state index in [0.717, 1.165) is 22.3 Å². The molecule has 1 unspecified atom stereocenters. The molecule has 1 aromatic carbocycles. The fourth-order valence-corrected chi connectivity index (χ4v) is 2.48. The number of halogens is 2. The molecule has 19 heavy (non-hydrogen) atoms. The molecule has 106 valence electrons. The maximum atomic E-state index is 11.9. The van der Waals surface area contributed by atoms with Crippen LogP contribution in [0.2, 0.25) is 5.02 Å². The zero-order chi connectivity index (χ0) is 14.3. The average Bonchev–Trinajstić information content (AvgIpc) is 2.39. The van der Waals surface area contributed by atoms with Crippen LogP contribution in [-0.2, 0) is 9.53 Å². The molecule has 0 heterocycles. The molecule has 0 saturated heterocycles. The summed E-state index contributed by atoms with van der Waals surface area (Å²) in [7, 11) is 0. The molecular formula is C13H17BrClNO2S. The van der Waals surface area contributed by atoms with Gasteiger partial charge in [-0.05, 0) is 59.5 Å². The molecule has 0 bridgehead atoms. The lowest BCUT2D eigenvalue weighted by Gasteiger charge is -2.18. The molecule has 1 atom stereocenters. The van der Waals surface area contributed by atoms with Crippen molar-refractivity contribution in [2.45, 2.75) is 19.4 Å². The SMILES string of the molecule is CCOC(=O)C(CCSC)Nc1ccc(Cl)c(Br)c1. The van der Waals surface area contributed by atoms with Crippen LogP contribution in [0.25, 0.3) is 0 Å². The van der Waals surface area contributed by atoms with Gasteiger partial charge in [0.05, 0.1) is 11.6 Å². The van der Waals surface area contributed by atoms with Crippen LogP contribution in [0.15, 0.2) is 22.7 Å². The Morgan fingerprint density at radius 2 is 2.32 bits per heavy atom. The van der Waals surface area contributed by atoms with Gasteiger partial charge >= 0.3 is 5.97 Å². The van der Waals surface area contributed by atoms with Gasteiger partial charge in [0.1, 0.15) is 6.04 Å². The quantitative estimate of drug-likeness (QED) is 0.734. The first kappa shape index (κ1) is 16.7. The molecule has 0 aliphatic heterocycles. The minimum atomic E-state index is -0.333. The predicted octanol–water partition coefficient (Wildman–Crippen LogP) is 4.20. The van der Waals surface area contributed by atoms with Crippen molar-refractivity contribution in [2.75, 3.05) is 23.9 Å². The highest BCUT2D eigenvalue weighted by molar-refractivity contribution is 9.10. The first-order valence-electron chi connectivity index (χ1n) is 5.95. The van der Waals surface area contributed by atoms with Crippen molar-refractivity contribution in [1.82, 2.24) is 0 Å². The van der Waals surface area contributed by atoms with Crippen LogP contribution >= 0.6 is 39.3 Å². The van der Waals surface area contributed by atoms with E-state index in [1.807, 2.05) is 25.3 Å². The van der Waals surface area contributed by atoms with Gasteiger partial charge < -0.3 is 10.1 Å². The first-order valence-corrected chi connectivity index (χ1v) is 8.52. The number of benzene rings is 1. The fraction of sp³-hybridized carbons (Fsp3) is 0.462. The molecule has 0 aliphatic carbocycles. The van der Waals surface area contributed by atoms with E-state index in [2.05, 4.69) is 21.2 Å². The second kappa shape index (κ2) is 8.72. The summed E-state index contributed by atoms with van der Waals surface area (Å²) in [6, 6.07) is 5.15. The summed E-state index contributed by atoms with van der Waals surface area (Å²) in [5.41, 5.74) is 0.843. The van der Waals surface area contributed by atoms with Crippen LogP contribution < -0.4 is 5.32 Å². The summed E-state index contributed by atoms with van der Waals surface area (Å²) in [5, 5.41) is 3.83. The zero-order valence-electron chi connectivity index (χ0n) is 10.9. The molecule has 0 spiro atoms. The maximum Gasteiger partial charge on any atom is 0.328 e. The van der Waals surface area contributed by atoms with Crippen molar-refractivity contribution >= 4 is 50.9 Å². The van der Waals surface area contributed by atoms with Crippen LogP contribution in [0, 0.1) is 0 Å². The number of hydrogen-bond acceptors (Lipinski definition) is 4. The lowest BCUT2D eigenvalue weighted by molar-refractivity contribution is -0.144. The Bertz CT molecular complexity index is 431. The Morgan fingerprint density at radius 1 is 1.58 bits per heavy atom. The Morgan fingerprint density at radius 3 is 2.89 bits per heavy atom. The molecule has 0 aliphatic rings. The minimum Gasteiger partial charge on any atom is -0.464 e. The van der Waals surface area contributed by atoms with E-state index in [4.69, 9.17) is 16.3 Å². The van der Waals surface area contributed by atoms with Crippen molar-refractivity contribution in [2.24, 2.45) is 0 Å². The summed E-state index contributed by atoms with van der Waals surface area (Å²) in [6.45, 7) is 2.20. The minimum absolute atomic E-state index is 0.220. The molecule has 0 aromatic heterocycles. The molecule has 3 nitrogen and oxygen atoms in total. The van der Waals surface area contributed by atoms with E-state index in [0.29, 0.717) is 11.6 Å². The summed E-state index contributed by atoms with van der Waals surface area (Å²) in [6.07, 6.45) is 2.74. The summed E-state index contributed by atoms with van der Waals surface area (Å²) >= 11 is 11.0. The standard InChI is InChI=1S/C13H17BrClNO2S/c1-3-18-13(17)12(6-7-19-2)16-9-4-5-11(15)10(14)8-9/h4-5,8,12,16H,3,6-7H2,1-2H3. The molecule has 1 N–H and O–H groups in total. The van der Waals surface area contributed by atoms with E-state index in [9.17, 15) is 4.79 Å². The average molecular weight is 367 g/mol. The van der Waals surface area contributed by atoms with Crippen LogP contribution in [0.3, 0.4) is 0 Å². The highest BCUT2D eigenvalue weighted by Gasteiger charge is 2.19. The Kier molecular flexibility index (Phi) is 7.64. The van der Waals surface area contributed by atoms with Crippen molar-refractivity contribution in [1.29, 1.82) is 0 Å². The van der Waals surface area contributed by atoms with E-state index < -0.39 is 0 Å². The lowest BCUT2D eigenvalue weighted by atomic mass is 10.2. The number of ether oxygens (including phenoxy) is 1. The summed E-state index contributed by atoms with van der Waals surface area (Å²) in [4.78, 5) is 11.9. The van der Waals surface area contributed by atoms with Gasteiger partial charge in [0, 0.05) is 10.2 Å². The second-order valence-electron chi connectivity index (χ2n) is 3.86. The van der Waals surface area contributed by atoms with Crippen molar-refractivity contribution in [3.05, 3.63) is 27.7 Å². The Labute approximate surface area is 131 Å².